The number of likely N-dealkylation sites (tertiary alicyclic amines) is 2. The molecule has 16 heteroatoms. The molecule has 4 aromatic rings. The number of nitrogens with one attached hydrogen (secondary N) is 4. The Hall–Kier alpha value is -5.74. The molecule has 16 nitrogen and oxygen atoms in total. The monoisotopic (exact) mass is 876 g/mol. The van der Waals surface area contributed by atoms with E-state index in [0.717, 1.165) is 54.0 Å². The largest absolute Gasteiger partial charge is 0.453 e. The number of benzene rings is 2. The first-order valence-corrected chi connectivity index (χ1v) is 22.8. The minimum absolute atomic E-state index is 0.111. The van der Waals surface area contributed by atoms with Crippen LogP contribution in [0.2, 0.25) is 0 Å². The van der Waals surface area contributed by atoms with E-state index in [4.69, 9.17) is 28.9 Å². The van der Waals surface area contributed by atoms with E-state index in [1.54, 1.807) is 11.1 Å². The van der Waals surface area contributed by atoms with Gasteiger partial charge in [-0.25, -0.2) is 19.6 Å². The van der Waals surface area contributed by atoms with Crippen LogP contribution in [-0.4, -0.2) is 112 Å². The molecule has 64 heavy (non-hydrogen) atoms. The zero-order valence-electron chi connectivity index (χ0n) is 37.6. The van der Waals surface area contributed by atoms with Crippen LogP contribution in [0.1, 0.15) is 119 Å². The second-order valence-corrected chi connectivity index (χ2v) is 18.7. The number of hydrogen-bond donors (Lipinski definition) is 4. The van der Waals surface area contributed by atoms with E-state index in [1.807, 2.05) is 38.8 Å². The molecule has 2 aromatic heterocycles. The minimum Gasteiger partial charge on any atom is -0.453 e. The number of ether oxygens (including phenoxy) is 4. The van der Waals surface area contributed by atoms with Crippen molar-refractivity contribution in [1.82, 2.24) is 40.4 Å². The van der Waals surface area contributed by atoms with Crippen LogP contribution < -0.4 is 10.6 Å². The van der Waals surface area contributed by atoms with Gasteiger partial charge < -0.3 is 49.3 Å². The van der Waals surface area contributed by atoms with Gasteiger partial charge in [0, 0.05) is 18.5 Å². The summed E-state index contributed by atoms with van der Waals surface area (Å²) in [5, 5.41) is 5.46. The molecule has 4 amide bonds. The number of carbonyl (C=O) groups is 4. The molecule has 0 radical (unpaired) electrons. The number of aromatic amines is 2. The van der Waals surface area contributed by atoms with Gasteiger partial charge in [0.15, 0.2) is 5.79 Å². The Kier molecular flexibility index (Phi) is 12.0. The van der Waals surface area contributed by atoms with Crippen molar-refractivity contribution in [2.45, 2.75) is 114 Å². The highest BCUT2D eigenvalue weighted by Crippen LogP contribution is 2.55. The fourth-order valence-electron chi connectivity index (χ4n) is 10.9. The third-order valence-electron chi connectivity index (χ3n) is 14.2. The Bertz CT molecular complexity index is 2380. The van der Waals surface area contributed by atoms with Crippen molar-refractivity contribution in [2.24, 2.45) is 11.8 Å². The molecule has 2 aromatic carbocycles. The van der Waals surface area contributed by atoms with Crippen LogP contribution in [0.15, 0.2) is 48.8 Å². The molecule has 10 rings (SSSR count). The van der Waals surface area contributed by atoms with E-state index in [1.165, 1.54) is 49.3 Å². The molecule has 1 unspecified atom stereocenters. The number of rotatable bonds is 11. The summed E-state index contributed by atoms with van der Waals surface area (Å²) in [7, 11) is 2.58. The lowest BCUT2D eigenvalue weighted by molar-refractivity contribution is -0.153. The van der Waals surface area contributed by atoms with Crippen LogP contribution in [0.25, 0.3) is 33.6 Å². The highest BCUT2D eigenvalue weighted by molar-refractivity contribution is 5.87. The number of alkyl carbamates (subject to hydrolysis) is 2. The average molecular weight is 877 g/mol. The standard InChI is InChI=1S/C48H60N8O8/c1-26(2)40(53-46(59)61-5)44(57)55-19-7-8-36(55)42-50-24-35(52-42)33-18-17-32(38-30-13-15-31(16-14-30)39(33)38)28-9-11-29(12-10-28)34-23-49-43(51-34)37-22-48(63-20-21-64-48)25-56(37)45(58)41(27(3)4)54-47(60)62-6/h9-12,17-18,23-24,26-27,30-31,36-37,40-41H,7-8,13-16,19-22,25H2,1-6H3,(H,49,51)(H,50,52)(H,53,59)(H,54,60)/t30?,31?,36?,37-,40-,41-/m0/s1. The van der Waals surface area contributed by atoms with Crippen LogP contribution in [0.4, 0.5) is 9.59 Å². The first kappa shape index (κ1) is 43.5. The van der Waals surface area contributed by atoms with Crippen molar-refractivity contribution in [3.05, 3.63) is 71.6 Å². The molecule has 2 bridgehead atoms. The lowest BCUT2D eigenvalue weighted by Crippen LogP contribution is -2.52. The Balaban J connectivity index is 0.968. The summed E-state index contributed by atoms with van der Waals surface area (Å²) in [4.78, 5) is 72.7. The number of imidazole rings is 2. The maximum absolute atomic E-state index is 14.1. The van der Waals surface area contributed by atoms with Gasteiger partial charge in [-0.2, -0.15) is 0 Å². The third kappa shape index (κ3) is 8.03. The molecule has 4 N–H and O–H groups in total. The van der Waals surface area contributed by atoms with E-state index < -0.39 is 36.1 Å². The summed E-state index contributed by atoms with van der Waals surface area (Å²) in [6.45, 7) is 9.31. The van der Waals surface area contributed by atoms with Gasteiger partial charge in [-0.3, -0.25) is 9.59 Å². The zero-order valence-corrected chi connectivity index (χ0v) is 37.6. The number of H-pyrrole nitrogens is 2. The summed E-state index contributed by atoms with van der Waals surface area (Å²) in [5.74, 6) is 0.698. The number of amides is 4. The fraction of sp³-hybridized carbons (Fsp3) is 0.542. The van der Waals surface area contributed by atoms with Crippen molar-refractivity contribution in [3.8, 4) is 33.6 Å². The first-order valence-electron chi connectivity index (χ1n) is 22.8. The number of nitrogens with zero attached hydrogens (tertiary/aromatic N) is 4. The molecule has 4 atom stereocenters. The Labute approximate surface area is 373 Å². The number of aromatic nitrogens is 4. The van der Waals surface area contributed by atoms with Crippen molar-refractivity contribution in [3.63, 3.8) is 0 Å². The predicted octanol–water partition coefficient (Wildman–Crippen LogP) is 7.33. The quantitative estimate of drug-likeness (QED) is 0.119. The van der Waals surface area contributed by atoms with Gasteiger partial charge >= 0.3 is 12.2 Å². The topological polar surface area (TPSA) is 193 Å². The maximum Gasteiger partial charge on any atom is 0.407 e. The lowest BCUT2D eigenvalue weighted by atomic mass is 9.64. The normalized spacial score (nSPS) is 23.1. The molecular formula is C48H60N8O8. The molecule has 4 fully saturated rings. The van der Waals surface area contributed by atoms with Crippen LogP contribution >= 0.6 is 0 Å². The number of carbonyl (C=O) groups excluding carboxylic acids is 4. The van der Waals surface area contributed by atoms with Gasteiger partial charge in [-0.1, -0.05) is 64.1 Å². The maximum atomic E-state index is 14.1. The molecule has 3 aliphatic heterocycles. The van der Waals surface area contributed by atoms with E-state index in [0.29, 0.717) is 43.8 Å². The van der Waals surface area contributed by atoms with Crippen LogP contribution in [0.3, 0.4) is 0 Å². The molecule has 3 aliphatic carbocycles. The van der Waals surface area contributed by atoms with E-state index in [-0.39, 0.29) is 36.2 Å². The second kappa shape index (κ2) is 17.7. The Morgan fingerprint density at radius 1 is 0.688 bits per heavy atom. The van der Waals surface area contributed by atoms with Gasteiger partial charge in [-0.15, -0.1) is 0 Å². The highest BCUT2D eigenvalue weighted by Gasteiger charge is 2.53. The van der Waals surface area contributed by atoms with Gasteiger partial charge in [0.25, 0.3) is 0 Å². The van der Waals surface area contributed by atoms with E-state index in [9.17, 15) is 19.2 Å². The van der Waals surface area contributed by atoms with Crippen molar-refractivity contribution in [1.29, 1.82) is 0 Å². The number of hydrogen-bond acceptors (Lipinski definition) is 10. The third-order valence-corrected chi connectivity index (χ3v) is 14.2. The predicted molar refractivity (Wildman–Crippen MR) is 237 cm³/mol. The first-order chi connectivity index (χ1) is 30.9. The fourth-order valence-corrected chi connectivity index (χ4v) is 10.9. The summed E-state index contributed by atoms with van der Waals surface area (Å²) >= 11 is 0. The SMILES string of the molecule is COC(=O)N[C@H](C(=O)N1CCCC1c1ncc(-c2ccc(-c3ccc(-c4cnc([C@@H]5CC6(CN5C(=O)[C@@H](NC(=O)OC)C(C)C)OCCO6)[nH]4)cc3)c3c2C2CCC3CC2)[nH]1)C(C)C. The van der Waals surface area contributed by atoms with Gasteiger partial charge in [0.1, 0.15) is 23.7 Å². The van der Waals surface area contributed by atoms with Crippen molar-refractivity contribution < 1.29 is 38.1 Å². The Morgan fingerprint density at radius 3 is 1.80 bits per heavy atom. The van der Waals surface area contributed by atoms with Gasteiger partial charge in [0.05, 0.1) is 69.8 Å². The number of methoxy groups -OCH3 is 2. The van der Waals surface area contributed by atoms with Gasteiger partial charge in [-0.05, 0) is 90.0 Å². The van der Waals surface area contributed by atoms with Crippen LogP contribution in [0, 0.1) is 11.8 Å². The van der Waals surface area contributed by atoms with E-state index >= 15 is 0 Å². The average Bonchev–Trinajstić information content (AvgIpc) is 4.18. The molecule has 5 heterocycles. The zero-order chi connectivity index (χ0) is 44.9. The summed E-state index contributed by atoms with van der Waals surface area (Å²) in [6.07, 6.45) is 9.15. The van der Waals surface area contributed by atoms with Crippen LogP contribution in [-0.2, 0) is 28.5 Å². The molecular weight excluding hydrogens is 817 g/mol. The molecule has 340 valence electrons. The summed E-state index contributed by atoms with van der Waals surface area (Å²) in [6, 6.07) is 10.9. The second-order valence-electron chi connectivity index (χ2n) is 18.7. The molecule has 3 saturated heterocycles. The number of fused-ring (bicyclic) bond motifs is 2. The van der Waals surface area contributed by atoms with Gasteiger partial charge in [0.2, 0.25) is 11.8 Å². The molecule has 1 spiro atoms. The van der Waals surface area contributed by atoms with Crippen molar-refractivity contribution >= 4 is 24.0 Å². The lowest BCUT2D eigenvalue weighted by Gasteiger charge is -2.41. The van der Waals surface area contributed by atoms with Crippen LogP contribution in [0.5, 0.6) is 0 Å². The van der Waals surface area contributed by atoms with E-state index in [2.05, 4.69) is 57.0 Å². The molecule has 6 aliphatic rings. The minimum atomic E-state index is -0.934. The highest BCUT2D eigenvalue weighted by atomic mass is 16.7. The Morgan fingerprint density at radius 2 is 1.20 bits per heavy atom. The van der Waals surface area contributed by atoms with Crippen molar-refractivity contribution in [2.75, 3.05) is 40.5 Å². The molecule has 1 saturated carbocycles. The summed E-state index contributed by atoms with van der Waals surface area (Å²) in [5.41, 5.74) is 9.15. The smallest absolute Gasteiger partial charge is 0.407 e. The summed E-state index contributed by atoms with van der Waals surface area (Å²) < 4.78 is 21.8.